The van der Waals surface area contributed by atoms with Gasteiger partial charge in [0.25, 0.3) is 0 Å². The van der Waals surface area contributed by atoms with Crippen molar-refractivity contribution in [1.82, 2.24) is 0 Å². The van der Waals surface area contributed by atoms with Crippen LogP contribution in [0.3, 0.4) is 0 Å². The molecule has 0 unspecified atom stereocenters. The monoisotopic (exact) mass is 526 g/mol. The third-order valence-corrected chi connectivity index (χ3v) is 8.47. The van der Waals surface area contributed by atoms with Gasteiger partial charge in [-0.25, -0.2) is 0 Å². The Morgan fingerprint density at radius 1 is 0.500 bits per heavy atom. The molecule has 0 N–H and O–H groups in total. The van der Waals surface area contributed by atoms with Gasteiger partial charge in [0.05, 0.1) is 0 Å². The second-order valence-electron chi connectivity index (χ2n) is 10.5. The molecule has 0 saturated carbocycles. The highest BCUT2D eigenvalue weighted by molar-refractivity contribution is 14.1. The summed E-state index contributed by atoms with van der Waals surface area (Å²) in [6.07, 6.45) is 0. The van der Waals surface area contributed by atoms with E-state index >= 15 is 0 Å². The normalized spacial score (nSPS) is 16.3. The minimum atomic E-state index is 0.0195. The van der Waals surface area contributed by atoms with Crippen LogP contribution in [0.1, 0.15) is 55.5 Å². The van der Waals surface area contributed by atoms with Crippen LogP contribution < -0.4 is 0 Å². The fourth-order valence-corrected chi connectivity index (χ4v) is 6.41. The van der Waals surface area contributed by atoms with E-state index in [0.717, 1.165) is 0 Å². The molecule has 158 valence electrons. The molecule has 0 heterocycles. The van der Waals surface area contributed by atoms with E-state index in [9.17, 15) is 0 Å². The van der Waals surface area contributed by atoms with E-state index in [2.05, 4.69) is 130 Å². The molecule has 2 aliphatic rings. The van der Waals surface area contributed by atoms with Crippen molar-refractivity contribution >= 4 is 22.6 Å². The summed E-state index contributed by atoms with van der Waals surface area (Å²) in [6.45, 7) is 11.6. The van der Waals surface area contributed by atoms with Gasteiger partial charge in [0, 0.05) is 14.4 Å². The van der Waals surface area contributed by atoms with Crippen LogP contribution in [-0.4, -0.2) is 0 Å². The second kappa shape index (κ2) is 6.57. The Balaban J connectivity index is 1.49. The molecule has 0 aromatic heterocycles. The number of benzene rings is 4. The molecule has 0 saturated heterocycles. The zero-order valence-electron chi connectivity index (χ0n) is 19.3. The van der Waals surface area contributed by atoms with Gasteiger partial charge in [0.1, 0.15) is 0 Å². The first-order valence-corrected chi connectivity index (χ1v) is 12.5. The molecule has 0 spiro atoms. The van der Waals surface area contributed by atoms with Crippen LogP contribution in [-0.2, 0) is 10.8 Å². The molecule has 1 heteroatoms. The number of hydrogen-bond acceptors (Lipinski definition) is 0. The van der Waals surface area contributed by atoms with E-state index in [-0.39, 0.29) is 10.8 Å². The third-order valence-electron chi connectivity index (χ3n) is 7.80. The second-order valence-corrected chi connectivity index (χ2v) is 11.8. The predicted molar refractivity (Wildman–Crippen MR) is 144 cm³/mol. The number of rotatable bonds is 1. The first-order chi connectivity index (χ1) is 15.2. The van der Waals surface area contributed by atoms with Crippen LogP contribution in [0.15, 0.2) is 72.8 Å². The van der Waals surface area contributed by atoms with Crippen molar-refractivity contribution in [2.45, 2.75) is 45.4 Å². The molecule has 2 aliphatic carbocycles. The van der Waals surface area contributed by atoms with Crippen molar-refractivity contribution in [3.8, 4) is 33.4 Å². The van der Waals surface area contributed by atoms with Gasteiger partial charge < -0.3 is 0 Å². The quantitative estimate of drug-likeness (QED) is 0.217. The van der Waals surface area contributed by atoms with E-state index < -0.39 is 0 Å². The summed E-state index contributed by atoms with van der Waals surface area (Å²) in [7, 11) is 0. The average molecular weight is 526 g/mol. The zero-order chi connectivity index (χ0) is 22.4. The van der Waals surface area contributed by atoms with Gasteiger partial charge in [0.15, 0.2) is 0 Å². The van der Waals surface area contributed by atoms with Gasteiger partial charge in [-0.3, -0.25) is 0 Å². The SMILES string of the molecule is Cc1ccc2c(c1)C(C)(C)c1cc(-c3ccc4c(c3)C(C)(C)c3cc(I)ccc3-4)ccc1-2. The van der Waals surface area contributed by atoms with Crippen molar-refractivity contribution in [2.75, 3.05) is 0 Å². The maximum atomic E-state index is 2.43. The van der Waals surface area contributed by atoms with Crippen molar-refractivity contribution in [1.29, 1.82) is 0 Å². The topological polar surface area (TPSA) is 0 Å². The number of fused-ring (bicyclic) bond motifs is 6. The van der Waals surface area contributed by atoms with Crippen LogP contribution in [0.4, 0.5) is 0 Å². The first kappa shape index (κ1) is 20.2. The highest BCUT2D eigenvalue weighted by Gasteiger charge is 2.37. The molecule has 4 aromatic rings. The van der Waals surface area contributed by atoms with Crippen LogP contribution in [0.5, 0.6) is 0 Å². The lowest BCUT2D eigenvalue weighted by molar-refractivity contribution is 0.659. The Morgan fingerprint density at radius 2 is 0.906 bits per heavy atom. The Labute approximate surface area is 204 Å². The Kier molecular flexibility index (Phi) is 4.16. The minimum absolute atomic E-state index is 0.0195. The molecule has 32 heavy (non-hydrogen) atoms. The van der Waals surface area contributed by atoms with Gasteiger partial charge in [-0.1, -0.05) is 81.8 Å². The lowest BCUT2D eigenvalue weighted by atomic mass is 9.80. The number of aryl methyl sites for hydroxylation is 1. The lowest BCUT2D eigenvalue weighted by Crippen LogP contribution is -2.15. The number of hydrogen-bond donors (Lipinski definition) is 0. The molecule has 0 nitrogen and oxygen atoms in total. The Morgan fingerprint density at radius 3 is 1.44 bits per heavy atom. The van der Waals surface area contributed by atoms with Crippen LogP contribution in [0.2, 0.25) is 0 Å². The van der Waals surface area contributed by atoms with E-state index in [4.69, 9.17) is 0 Å². The average Bonchev–Trinajstić information content (AvgIpc) is 3.12. The summed E-state index contributed by atoms with van der Waals surface area (Å²) in [5.41, 5.74) is 15.3. The van der Waals surface area contributed by atoms with Gasteiger partial charge in [-0.05, 0) is 109 Å². The molecule has 0 radical (unpaired) electrons. The lowest BCUT2D eigenvalue weighted by Gasteiger charge is -2.23. The summed E-state index contributed by atoms with van der Waals surface area (Å²) < 4.78 is 1.30. The standard InChI is InChI=1S/C31H27I/c1-18-6-10-22-23-11-7-19(15-27(23)30(2,3)26(22)14-18)20-8-12-24-25-13-9-21(32)17-29(25)31(4,5)28(24)16-20/h6-17H,1-5H3. The molecule has 0 amide bonds. The first-order valence-electron chi connectivity index (χ1n) is 11.4. The fourth-order valence-electron chi connectivity index (χ4n) is 5.92. The Hall–Kier alpha value is -2.39. The predicted octanol–water partition coefficient (Wildman–Crippen LogP) is 8.88. The molecular formula is C31H27I. The smallest absolute Gasteiger partial charge is 0.0159 e. The summed E-state index contributed by atoms with van der Waals surface area (Å²) in [5, 5.41) is 0. The van der Waals surface area contributed by atoms with Gasteiger partial charge in [-0.2, -0.15) is 0 Å². The molecule has 4 aromatic carbocycles. The van der Waals surface area contributed by atoms with Gasteiger partial charge >= 0.3 is 0 Å². The molecule has 6 rings (SSSR count). The van der Waals surface area contributed by atoms with E-state index in [1.807, 2.05) is 0 Å². The largest absolute Gasteiger partial charge is 0.0587 e. The van der Waals surface area contributed by atoms with Crippen LogP contribution in [0, 0.1) is 10.5 Å². The van der Waals surface area contributed by atoms with Crippen molar-refractivity contribution in [3.63, 3.8) is 0 Å². The maximum Gasteiger partial charge on any atom is 0.0159 e. The number of halogens is 1. The summed E-state index contributed by atoms with van der Waals surface area (Å²) in [6, 6.07) is 27.9. The van der Waals surface area contributed by atoms with Crippen LogP contribution in [0.25, 0.3) is 33.4 Å². The van der Waals surface area contributed by atoms with Crippen molar-refractivity contribution in [3.05, 3.63) is 104 Å². The zero-order valence-corrected chi connectivity index (χ0v) is 21.5. The van der Waals surface area contributed by atoms with E-state index in [1.165, 1.54) is 64.8 Å². The molecular weight excluding hydrogens is 499 g/mol. The van der Waals surface area contributed by atoms with Crippen molar-refractivity contribution in [2.24, 2.45) is 0 Å². The fraction of sp³-hybridized carbons (Fsp3) is 0.226. The maximum absolute atomic E-state index is 2.43. The third kappa shape index (κ3) is 2.67. The molecule has 0 fully saturated rings. The van der Waals surface area contributed by atoms with Crippen molar-refractivity contribution < 1.29 is 0 Å². The summed E-state index contributed by atoms with van der Waals surface area (Å²) in [4.78, 5) is 0. The van der Waals surface area contributed by atoms with Crippen LogP contribution >= 0.6 is 22.6 Å². The molecule has 0 aliphatic heterocycles. The van der Waals surface area contributed by atoms with Gasteiger partial charge in [0.2, 0.25) is 0 Å². The van der Waals surface area contributed by atoms with Gasteiger partial charge in [-0.15, -0.1) is 0 Å². The van der Waals surface area contributed by atoms with E-state index in [0.29, 0.717) is 0 Å². The summed E-state index contributed by atoms with van der Waals surface area (Å²) in [5.74, 6) is 0. The minimum Gasteiger partial charge on any atom is -0.0587 e. The molecule has 0 atom stereocenters. The van der Waals surface area contributed by atoms with E-state index in [1.54, 1.807) is 0 Å². The summed E-state index contributed by atoms with van der Waals surface area (Å²) >= 11 is 2.43. The molecule has 0 bridgehead atoms. The highest BCUT2D eigenvalue weighted by atomic mass is 127. The highest BCUT2D eigenvalue weighted by Crippen LogP contribution is 2.52. The Bertz CT molecular complexity index is 1320.